The number of nitrogens with one attached hydrogen (secondary N) is 1. The lowest BCUT2D eigenvalue weighted by Gasteiger charge is -2.41. The molecule has 0 saturated heterocycles. The third-order valence-electron chi connectivity index (χ3n) is 7.10. The summed E-state index contributed by atoms with van der Waals surface area (Å²) in [5.41, 5.74) is 5.82. The molecular formula is C25H24Cl2N4O4. The molecule has 10 heteroatoms. The van der Waals surface area contributed by atoms with Gasteiger partial charge in [0.15, 0.2) is 5.75 Å². The number of H-pyrrole nitrogens is 1. The summed E-state index contributed by atoms with van der Waals surface area (Å²) in [5, 5.41) is 4.06. The fourth-order valence-corrected chi connectivity index (χ4v) is 5.88. The van der Waals surface area contributed by atoms with Gasteiger partial charge in [-0.3, -0.25) is 14.6 Å². The third kappa shape index (κ3) is 3.85. The number of anilines is 1. The molecule has 182 valence electrons. The molecule has 3 unspecified atom stereocenters. The molecule has 1 aromatic heterocycles. The summed E-state index contributed by atoms with van der Waals surface area (Å²) >= 11 is 12.9. The fraction of sp³-hybridized carbons (Fsp3) is 0.360. The minimum atomic E-state index is -0.783. The number of carbonyl (C=O) groups excluding carboxylic acids is 1. The maximum atomic E-state index is 13.2. The van der Waals surface area contributed by atoms with E-state index in [9.17, 15) is 14.4 Å². The number of aromatic nitrogens is 3. The average molecular weight is 515 g/mol. The highest BCUT2D eigenvalue weighted by molar-refractivity contribution is 6.37. The van der Waals surface area contributed by atoms with Crippen molar-refractivity contribution < 1.29 is 9.53 Å². The molecule has 35 heavy (non-hydrogen) atoms. The number of halogens is 2. The summed E-state index contributed by atoms with van der Waals surface area (Å²) in [7, 11) is 0. The number of fused-ring (bicyclic) bond motifs is 1. The molecule has 2 aliphatic carbocycles. The number of rotatable bonds is 7. The van der Waals surface area contributed by atoms with E-state index in [4.69, 9.17) is 33.7 Å². The van der Waals surface area contributed by atoms with Gasteiger partial charge in [0.1, 0.15) is 11.5 Å². The number of aromatic amines is 1. The fourth-order valence-electron chi connectivity index (χ4n) is 5.33. The highest BCUT2D eigenvalue weighted by Gasteiger charge is 2.67. The van der Waals surface area contributed by atoms with E-state index >= 15 is 0 Å². The Labute approximate surface area is 211 Å². The van der Waals surface area contributed by atoms with Gasteiger partial charge in [-0.15, -0.1) is 5.10 Å². The van der Waals surface area contributed by atoms with Crippen LogP contribution in [-0.2, 0) is 10.2 Å². The van der Waals surface area contributed by atoms with Gasteiger partial charge in [0.05, 0.1) is 21.1 Å². The number of nitrogen functional groups attached to an aromatic ring is 1. The van der Waals surface area contributed by atoms with Gasteiger partial charge >= 0.3 is 5.69 Å². The Bertz CT molecular complexity index is 1460. The first-order valence-corrected chi connectivity index (χ1v) is 12.2. The quantitative estimate of drug-likeness (QED) is 0.476. The monoisotopic (exact) mass is 514 g/mol. The Balaban J connectivity index is 1.50. The van der Waals surface area contributed by atoms with Crippen molar-refractivity contribution in [1.29, 1.82) is 0 Å². The van der Waals surface area contributed by atoms with Crippen LogP contribution in [0.25, 0.3) is 5.69 Å². The lowest BCUT2D eigenvalue weighted by molar-refractivity contribution is -0.128. The van der Waals surface area contributed by atoms with Crippen LogP contribution in [0.15, 0.2) is 39.9 Å². The van der Waals surface area contributed by atoms with Crippen molar-refractivity contribution in [1.82, 2.24) is 14.8 Å². The molecule has 3 N–H and O–H groups in total. The number of carbonyl (C=O) groups is 1. The van der Waals surface area contributed by atoms with Gasteiger partial charge in [0, 0.05) is 6.42 Å². The smallest absolute Gasteiger partial charge is 0.349 e. The van der Waals surface area contributed by atoms with Crippen molar-refractivity contribution >= 4 is 34.8 Å². The largest absolute Gasteiger partial charge is 0.454 e. The summed E-state index contributed by atoms with van der Waals surface area (Å²) in [6, 6.07) is 8.57. The van der Waals surface area contributed by atoms with E-state index in [-0.39, 0.29) is 27.3 Å². The molecule has 2 aliphatic rings. The summed E-state index contributed by atoms with van der Waals surface area (Å²) < 4.78 is 6.98. The maximum absolute atomic E-state index is 13.2. The first kappa shape index (κ1) is 23.6. The van der Waals surface area contributed by atoms with E-state index < -0.39 is 16.7 Å². The second kappa shape index (κ2) is 8.53. The number of ether oxygens (including phenoxy) is 1. The van der Waals surface area contributed by atoms with Crippen molar-refractivity contribution in [3.8, 4) is 17.2 Å². The first-order chi connectivity index (χ1) is 16.6. The number of nitrogens with zero attached hydrogens (tertiary/aromatic N) is 2. The average Bonchev–Trinajstić information content (AvgIpc) is 3.47. The number of aryl methyl sites for hydroxylation is 1. The lowest BCUT2D eigenvalue weighted by atomic mass is 9.60. The summed E-state index contributed by atoms with van der Waals surface area (Å²) in [5.74, 6) is 1.71. The van der Waals surface area contributed by atoms with Crippen molar-refractivity contribution in [2.45, 2.75) is 44.9 Å². The van der Waals surface area contributed by atoms with E-state index in [1.807, 2.05) is 32.0 Å². The van der Waals surface area contributed by atoms with Crippen LogP contribution in [0.5, 0.6) is 11.5 Å². The maximum Gasteiger partial charge on any atom is 0.349 e. The van der Waals surface area contributed by atoms with Crippen LogP contribution >= 0.6 is 23.2 Å². The molecule has 2 aromatic carbocycles. The zero-order chi connectivity index (χ0) is 25.1. The van der Waals surface area contributed by atoms with Crippen LogP contribution < -0.4 is 21.7 Å². The summed E-state index contributed by atoms with van der Waals surface area (Å²) in [6.07, 6.45) is 3.38. The second-order valence-electron chi connectivity index (χ2n) is 9.32. The van der Waals surface area contributed by atoms with Gasteiger partial charge in [-0.2, -0.15) is 4.68 Å². The topological polar surface area (TPSA) is 120 Å². The molecule has 8 nitrogen and oxygen atoms in total. The van der Waals surface area contributed by atoms with E-state index in [1.165, 1.54) is 12.1 Å². The molecule has 0 amide bonds. The Kier molecular flexibility index (Phi) is 5.76. The Hall–Kier alpha value is -3.10. The Morgan fingerprint density at radius 1 is 1.26 bits per heavy atom. The molecule has 1 heterocycles. The SMILES string of the molecule is CCCC(=O)C1(c2cc(Oc3c(Cl)cc(-n4nc(N)c(=O)[nH]c4=O)cc3Cl)ccc2C)CC2CC21. The third-order valence-corrected chi connectivity index (χ3v) is 7.67. The number of hydrogen-bond donors (Lipinski definition) is 2. The van der Waals surface area contributed by atoms with Gasteiger partial charge in [0.25, 0.3) is 5.56 Å². The lowest BCUT2D eigenvalue weighted by Crippen LogP contribution is -2.45. The normalized spacial score (nSPS) is 22.3. The van der Waals surface area contributed by atoms with Crippen LogP contribution in [0.1, 0.15) is 43.7 Å². The van der Waals surface area contributed by atoms with Crippen LogP contribution in [0.3, 0.4) is 0 Å². The molecule has 3 aromatic rings. The minimum absolute atomic E-state index is 0.135. The van der Waals surface area contributed by atoms with Crippen LogP contribution in [0.2, 0.25) is 10.0 Å². The number of Topliss-reactive ketones (excluding diaryl/α,β-unsaturated/α-hetero) is 1. The number of hydrogen-bond acceptors (Lipinski definition) is 6. The summed E-state index contributed by atoms with van der Waals surface area (Å²) in [6.45, 7) is 4.05. The number of benzene rings is 2. The highest BCUT2D eigenvalue weighted by Crippen LogP contribution is 2.69. The molecule has 5 rings (SSSR count). The van der Waals surface area contributed by atoms with Gasteiger partial charge in [-0.1, -0.05) is 36.2 Å². The molecule has 2 saturated carbocycles. The predicted molar refractivity (Wildman–Crippen MR) is 134 cm³/mol. The second-order valence-corrected chi connectivity index (χ2v) is 10.1. The first-order valence-electron chi connectivity index (χ1n) is 11.5. The van der Waals surface area contributed by atoms with Crippen LogP contribution in [0.4, 0.5) is 5.82 Å². The highest BCUT2D eigenvalue weighted by atomic mass is 35.5. The van der Waals surface area contributed by atoms with Crippen molar-refractivity contribution in [3.63, 3.8) is 0 Å². The van der Waals surface area contributed by atoms with E-state index in [1.54, 1.807) is 0 Å². The Morgan fingerprint density at radius 3 is 2.57 bits per heavy atom. The van der Waals surface area contributed by atoms with E-state index in [0.717, 1.165) is 35.1 Å². The van der Waals surface area contributed by atoms with Crippen molar-refractivity contribution in [3.05, 3.63) is 72.3 Å². The molecular weight excluding hydrogens is 491 g/mol. The molecule has 3 atom stereocenters. The van der Waals surface area contributed by atoms with E-state index in [0.29, 0.717) is 29.8 Å². The van der Waals surface area contributed by atoms with Gasteiger partial charge < -0.3 is 10.5 Å². The summed E-state index contributed by atoms with van der Waals surface area (Å²) in [4.78, 5) is 39.0. The van der Waals surface area contributed by atoms with Crippen molar-refractivity contribution in [2.24, 2.45) is 11.8 Å². The Morgan fingerprint density at radius 2 is 1.97 bits per heavy atom. The molecule has 0 aliphatic heterocycles. The zero-order valence-electron chi connectivity index (χ0n) is 19.2. The zero-order valence-corrected chi connectivity index (χ0v) is 20.7. The van der Waals surface area contributed by atoms with Gasteiger partial charge in [-0.05, 0) is 73.4 Å². The predicted octanol–water partition coefficient (Wildman–Crippen LogP) is 4.56. The van der Waals surface area contributed by atoms with E-state index in [2.05, 4.69) is 10.1 Å². The number of nitrogens with two attached hydrogens (primary N) is 1. The molecule has 2 fully saturated rings. The molecule has 0 spiro atoms. The van der Waals surface area contributed by atoms with Gasteiger partial charge in [-0.25, -0.2) is 4.79 Å². The number of ketones is 1. The van der Waals surface area contributed by atoms with Crippen LogP contribution in [-0.4, -0.2) is 20.5 Å². The standard InChI is InChI=1S/C25H24Cl2N4O4/c1-3-4-20(32)25(11-13-7-17(13)25)16-10-15(6-5-12(16)2)35-21-18(26)8-14(9-19(21)27)31-24(34)29-23(33)22(28)30-31/h5-6,8-10,13,17H,3-4,7,11H2,1-2H3,(H2,28,30)(H,29,33,34). The molecule has 0 radical (unpaired) electrons. The van der Waals surface area contributed by atoms with Crippen LogP contribution in [0, 0.1) is 18.8 Å². The minimum Gasteiger partial charge on any atom is -0.454 e. The van der Waals surface area contributed by atoms with Gasteiger partial charge in [0.2, 0.25) is 5.82 Å². The molecule has 0 bridgehead atoms. The van der Waals surface area contributed by atoms with Crippen molar-refractivity contribution in [2.75, 3.05) is 5.73 Å².